The van der Waals surface area contributed by atoms with Gasteiger partial charge in [0, 0.05) is 11.5 Å². The average Bonchev–Trinajstić information content (AvgIpc) is 1.97. The first-order valence-corrected chi connectivity index (χ1v) is 5.97. The Bertz CT molecular complexity index is 189. The van der Waals surface area contributed by atoms with E-state index in [2.05, 4.69) is 19.0 Å². The van der Waals surface area contributed by atoms with Crippen molar-refractivity contribution in [2.75, 3.05) is 20.7 Å². The normalized spacial score (nSPS) is 28.3. The second-order valence-electron chi connectivity index (χ2n) is 5.47. The first-order valence-electron chi connectivity index (χ1n) is 5.97. The topological polar surface area (TPSA) is 23.5 Å². The van der Waals surface area contributed by atoms with Crippen LogP contribution in [-0.2, 0) is 0 Å². The highest BCUT2D eigenvalue weighted by molar-refractivity contribution is 5.01. The van der Waals surface area contributed by atoms with Gasteiger partial charge in [0.1, 0.15) is 0 Å². The molecule has 0 spiro atoms. The zero-order chi connectivity index (χ0) is 10.2. The minimum Gasteiger partial charge on any atom is -0.396 e. The summed E-state index contributed by atoms with van der Waals surface area (Å²) < 4.78 is 0. The molecule has 2 aliphatic carbocycles. The highest BCUT2D eigenvalue weighted by Crippen LogP contribution is 2.50. The van der Waals surface area contributed by atoms with E-state index >= 15 is 0 Å². The van der Waals surface area contributed by atoms with Crippen LogP contribution in [0, 0.1) is 11.3 Å². The number of aliphatic hydroxyl groups excluding tert-OH is 1. The molecule has 0 aromatic rings. The van der Waals surface area contributed by atoms with Crippen molar-refractivity contribution in [1.29, 1.82) is 0 Å². The summed E-state index contributed by atoms with van der Waals surface area (Å²) >= 11 is 0. The van der Waals surface area contributed by atoms with Gasteiger partial charge in [0.05, 0.1) is 6.61 Å². The molecule has 1 unspecified atom stereocenters. The quantitative estimate of drug-likeness (QED) is 0.744. The maximum absolute atomic E-state index is 9.60. The molecule has 0 aromatic carbocycles. The Morgan fingerprint density at radius 2 is 1.93 bits per heavy atom. The monoisotopic (exact) mass is 197 g/mol. The molecule has 0 saturated heterocycles. The predicted octanol–water partition coefficient (Wildman–Crippen LogP) is 1.88. The van der Waals surface area contributed by atoms with E-state index in [0.29, 0.717) is 12.6 Å². The van der Waals surface area contributed by atoms with Crippen molar-refractivity contribution in [3.8, 4) is 0 Å². The molecule has 1 atom stereocenters. The van der Waals surface area contributed by atoms with Gasteiger partial charge in [0.25, 0.3) is 0 Å². The van der Waals surface area contributed by atoms with Crippen LogP contribution in [0.5, 0.6) is 0 Å². The maximum Gasteiger partial charge on any atom is 0.0502 e. The van der Waals surface area contributed by atoms with Crippen LogP contribution in [0.15, 0.2) is 0 Å². The van der Waals surface area contributed by atoms with E-state index in [0.717, 1.165) is 5.92 Å². The Hall–Kier alpha value is -0.0800. The van der Waals surface area contributed by atoms with Crippen molar-refractivity contribution >= 4 is 0 Å². The Labute approximate surface area is 87.3 Å². The van der Waals surface area contributed by atoms with Gasteiger partial charge in [-0.3, -0.25) is 0 Å². The van der Waals surface area contributed by atoms with Crippen LogP contribution < -0.4 is 0 Å². The summed E-state index contributed by atoms with van der Waals surface area (Å²) in [5.41, 5.74) is 0.259. The van der Waals surface area contributed by atoms with Crippen LogP contribution >= 0.6 is 0 Å². The second kappa shape index (κ2) is 3.82. The zero-order valence-corrected chi connectivity index (χ0v) is 9.50. The van der Waals surface area contributed by atoms with Gasteiger partial charge >= 0.3 is 0 Å². The largest absolute Gasteiger partial charge is 0.396 e. The van der Waals surface area contributed by atoms with Crippen LogP contribution in [0.25, 0.3) is 0 Å². The Kier molecular flexibility index (Phi) is 2.85. The van der Waals surface area contributed by atoms with Gasteiger partial charge in [0.2, 0.25) is 0 Å². The van der Waals surface area contributed by atoms with Gasteiger partial charge in [-0.05, 0) is 45.7 Å². The molecule has 0 aliphatic heterocycles. The van der Waals surface area contributed by atoms with Gasteiger partial charge in [-0.1, -0.05) is 12.8 Å². The van der Waals surface area contributed by atoms with Crippen molar-refractivity contribution in [2.45, 2.75) is 44.6 Å². The third-order valence-corrected chi connectivity index (χ3v) is 4.44. The number of nitrogens with zero attached hydrogens (tertiary/aromatic N) is 1. The lowest BCUT2D eigenvalue weighted by Crippen LogP contribution is -2.56. The Morgan fingerprint density at radius 3 is 2.14 bits per heavy atom. The highest BCUT2D eigenvalue weighted by atomic mass is 16.3. The molecule has 2 saturated carbocycles. The molecule has 0 bridgehead atoms. The molecule has 82 valence electrons. The van der Waals surface area contributed by atoms with E-state index in [4.69, 9.17) is 0 Å². The van der Waals surface area contributed by atoms with Crippen molar-refractivity contribution in [1.82, 2.24) is 4.90 Å². The molecule has 2 heteroatoms. The lowest BCUT2D eigenvalue weighted by Gasteiger charge is -2.54. The molecular formula is C12H23NO. The molecule has 2 nitrogen and oxygen atoms in total. The number of hydrogen-bond donors (Lipinski definition) is 1. The summed E-state index contributed by atoms with van der Waals surface area (Å²) in [5.74, 6) is 0.859. The van der Waals surface area contributed by atoms with Crippen LogP contribution in [0.1, 0.15) is 38.5 Å². The first kappa shape index (κ1) is 10.4. The molecule has 0 radical (unpaired) electrons. The van der Waals surface area contributed by atoms with E-state index in [-0.39, 0.29) is 5.41 Å². The molecule has 0 aromatic heterocycles. The number of rotatable bonds is 4. The standard InChI is InChI=1S/C12H23NO/c1-13(2)11(10-5-3-6-10)12(9-14)7-4-8-12/h10-11,14H,3-9H2,1-2H3. The summed E-state index contributed by atoms with van der Waals surface area (Å²) in [6.45, 7) is 0.395. The first-order chi connectivity index (χ1) is 6.69. The number of aliphatic hydroxyl groups is 1. The van der Waals surface area contributed by atoms with E-state index in [9.17, 15) is 5.11 Å². The molecule has 2 rings (SSSR count). The van der Waals surface area contributed by atoms with Crippen molar-refractivity contribution in [2.24, 2.45) is 11.3 Å². The van der Waals surface area contributed by atoms with Gasteiger partial charge in [-0.25, -0.2) is 0 Å². The molecule has 14 heavy (non-hydrogen) atoms. The fraction of sp³-hybridized carbons (Fsp3) is 1.00. The van der Waals surface area contributed by atoms with E-state index in [1.54, 1.807) is 0 Å². The SMILES string of the molecule is CN(C)C(C1CCC1)C1(CO)CCC1. The van der Waals surface area contributed by atoms with Crippen LogP contribution in [0.3, 0.4) is 0 Å². The Balaban J connectivity index is 2.08. The van der Waals surface area contributed by atoms with Crippen molar-refractivity contribution in [3.05, 3.63) is 0 Å². The number of hydrogen-bond acceptors (Lipinski definition) is 2. The fourth-order valence-electron chi connectivity index (χ4n) is 3.40. The summed E-state index contributed by atoms with van der Waals surface area (Å²) in [4.78, 5) is 2.36. The fourth-order valence-corrected chi connectivity index (χ4v) is 3.40. The minimum atomic E-state index is 0.259. The molecule has 0 heterocycles. The summed E-state index contributed by atoms with van der Waals surface area (Å²) in [7, 11) is 4.36. The van der Waals surface area contributed by atoms with E-state index < -0.39 is 0 Å². The van der Waals surface area contributed by atoms with Gasteiger partial charge in [0.15, 0.2) is 0 Å². The van der Waals surface area contributed by atoms with Crippen LogP contribution in [0.2, 0.25) is 0 Å². The minimum absolute atomic E-state index is 0.259. The van der Waals surface area contributed by atoms with Gasteiger partial charge in [-0.15, -0.1) is 0 Å². The molecular weight excluding hydrogens is 174 g/mol. The average molecular weight is 197 g/mol. The smallest absolute Gasteiger partial charge is 0.0502 e. The van der Waals surface area contributed by atoms with E-state index in [1.807, 2.05) is 0 Å². The predicted molar refractivity (Wildman–Crippen MR) is 58.2 cm³/mol. The summed E-state index contributed by atoms with van der Waals surface area (Å²) in [6, 6.07) is 0.634. The lowest BCUT2D eigenvalue weighted by molar-refractivity contribution is -0.0683. The highest BCUT2D eigenvalue weighted by Gasteiger charge is 2.48. The van der Waals surface area contributed by atoms with Gasteiger partial charge in [-0.2, -0.15) is 0 Å². The lowest BCUT2D eigenvalue weighted by atomic mass is 9.58. The molecule has 2 fully saturated rings. The molecule has 2 aliphatic rings. The third-order valence-electron chi connectivity index (χ3n) is 4.44. The summed E-state index contributed by atoms with van der Waals surface area (Å²) in [6.07, 6.45) is 7.95. The van der Waals surface area contributed by atoms with Crippen LogP contribution in [-0.4, -0.2) is 36.8 Å². The second-order valence-corrected chi connectivity index (χ2v) is 5.47. The molecule has 1 N–H and O–H groups in total. The summed E-state index contributed by atoms with van der Waals surface area (Å²) in [5, 5.41) is 9.60. The third kappa shape index (κ3) is 1.49. The van der Waals surface area contributed by atoms with Crippen LogP contribution in [0.4, 0.5) is 0 Å². The van der Waals surface area contributed by atoms with Crippen molar-refractivity contribution < 1.29 is 5.11 Å². The zero-order valence-electron chi connectivity index (χ0n) is 9.50. The van der Waals surface area contributed by atoms with Gasteiger partial charge < -0.3 is 10.0 Å². The molecule has 0 amide bonds. The van der Waals surface area contributed by atoms with E-state index in [1.165, 1.54) is 38.5 Å². The Morgan fingerprint density at radius 1 is 1.29 bits per heavy atom. The maximum atomic E-state index is 9.60. The van der Waals surface area contributed by atoms with Crippen molar-refractivity contribution in [3.63, 3.8) is 0 Å².